The number of rotatable bonds is 4. The number of phenolic OH excluding ortho intramolecular Hbond substituents is 1. The molecule has 0 amide bonds. The molecule has 2 N–H and O–H groups in total. The average molecular weight is 420 g/mol. The topological polar surface area (TPSA) is 58.0 Å². The summed E-state index contributed by atoms with van der Waals surface area (Å²) in [5.74, 6) is 0.935. The standard InChI is InChI=1S/C22H18BrN3O/c1-14-4-2-6-19(25-14)26-20(16-7-10-17(23)11-8-16)18-12-9-15-5-3-13-24-21(15)22(18)27/h2-13,20,27H,1H3,(H,25,26)/t20-/m0/s1. The van der Waals surface area contributed by atoms with Gasteiger partial charge < -0.3 is 10.4 Å². The van der Waals surface area contributed by atoms with Crippen molar-refractivity contribution in [3.8, 4) is 5.75 Å². The number of benzene rings is 2. The molecule has 0 unspecified atom stereocenters. The van der Waals surface area contributed by atoms with Crippen LogP contribution in [0.4, 0.5) is 5.82 Å². The van der Waals surface area contributed by atoms with E-state index in [1.54, 1.807) is 6.20 Å². The predicted octanol–water partition coefficient (Wildman–Crippen LogP) is 5.61. The highest BCUT2D eigenvalue weighted by Gasteiger charge is 2.20. The zero-order chi connectivity index (χ0) is 18.8. The number of aromatic nitrogens is 2. The molecular weight excluding hydrogens is 402 g/mol. The first-order valence-corrected chi connectivity index (χ1v) is 9.43. The molecule has 0 radical (unpaired) electrons. The molecule has 0 aliphatic heterocycles. The number of aryl methyl sites for hydroxylation is 1. The van der Waals surface area contributed by atoms with Crippen molar-refractivity contribution in [1.82, 2.24) is 9.97 Å². The number of nitrogens with one attached hydrogen (secondary N) is 1. The second kappa shape index (κ2) is 7.37. The van der Waals surface area contributed by atoms with Crippen LogP contribution >= 0.6 is 15.9 Å². The van der Waals surface area contributed by atoms with Gasteiger partial charge in [-0.1, -0.05) is 52.3 Å². The summed E-state index contributed by atoms with van der Waals surface area (Å²) >= 11 is 3.48. The molecule has 4 rings (SSSR count). The maximum Gasteiger partial charge on any atom is 0.147 e. The van der Waals surface area contributed by atoms with Crippen LogP contribution in [0.1, 0.15) is 22.9 Å². The van der Waals surface area contributed by atoms with Crippen LogP contribution in [0.25, 0.3) is 10.9 Å². The maximum absolute atomic E-state index is 10.9. The van der Waals surface area contributed by atoms with Gasteiger partial charge in [-0.15, -0.1) is 0 Å². The molecule has 2 heterocycles. The molecule has 1 atom stereocenters. The smallest absolute Gasteiger partial charge is 0.147 e. The molecule has 0 saturated heterocycles. The second-order valence-electron chi connectivity index (χ2n) is 6.37. The minimum Gasteiger partial charge on any atom is -0.505 e. The third-order valence-electron chi connectivity index (χ3n) is 4.47. The van der Waals surface area contributed by atoms with Crippen LogP contribution in [0.15, 0.2) is 77.4 Å². The van der Waals surface area contributed by atoms with E-state index < -0.39 is 0 Å². The van der Waals surface area contributed by atoms with Gasteiger partial charge in [-0.05, 0) is 42.8 Å². The Hall–Kier alpha value is -2.92. The number of hydrogen-bond donors (Lipinski definition) is 2. The Morgan fingerprint density at radius 1 is 0.963 bits per heavy atom. The van der Waals surface area contributed by atoms with Crippen molar-refractivity contribution in [1.29, 1.82) is 0 Å². The van der Waals surface area contributed by atoms with E-state index >= 15 is 0 Å². The van der Waals surface area contributed by atoms with E-state index in [4.69, 9.17) is 0 Å². The first kappa shape index (κ1) is 17.5. The molecule has 0 bridgehead atoms. The van der Waals surface area contributed by atoms with E-state index in [0.29, 0.717) is 5.52 Å². The van der Waals surface area contributed by atoms with Crippen molar-refractivity contribution in [2.75, 3.05) is 5.32 Å². The van der Waals surface area contributed by atoms with Crippen LogP contribution in [0, 0.1) is 6.92 Å². The third kappa shape index (κ3) is 3.64. The molecule has 4 nitrogen and oxygen atoms in total. The lowest BCUT2D eigenvalue weighted by Gasteiger charge is -2.22. The summed E-state index contributed by atoms with van der Waals surface area (Å²) in [6.45, 7) is 1.96. The average Bonchev–Trinajstić information content (AvgIpc) is 2.68. The van der Waals surface area contributed by atoms with Gasteiger partial charge in [-0.3, -0.25) is 4.98 Å². The summed E-state index contributed by atoms with van der Waals surface area (Å²) in [4.78, 5) is 8.91. The number of anilines is 1. The molecule has 134 valence electrons. The molecule has 27 heavy (non-hydrogen) atoms. The minimum absolute atomic E-state index is 0.182. The van der Waals surface area contributed by atoms with Gasteiger partial charge in [0, 0.05) is 27.3 Å². The summed E-state index contributed by atoms with van der Waals surface area (Å²) in [5.41, 5.74) is 3.30. The number of halogens is 1. The lowest BCUT2D eigenvalue weighted by atomic mass is 9.96. The van der Waals surface area contributed by atoms with E-state index in [9.17, 15) is 5.11 Å². The molecule has 2 aromatic heterocycles. The zero-order valence-electron chi connectivity index (χ0n) is 14.7. The molecule has 0 aliphatic carbocycles. The summed E-state index contributed by atoms with van der Waals surface area (Å²) in [6, 6.07) is 21.3. The summed E-state index contributed by atoms with van der Waals surface area (Å²) < 4.78 is 1.00. The van der Waals surface area contributed by atoms with Gasteiger partial charge in [0.1, 0.15) is 17.1 Å². The quantitative estimate of drug-likeness (QED) is 0.451. The highest BCUT2D eigenvalue weighted by atomic mass is 79.9. The molecule has 0 aliphatic rings. The molecule has 2 aromatic carbocycles. The summed E-state index contributed by atoms with van der Waals surface area (Å²) in [5, 5.41) is 15.3. The van der Waals surface area contributed by atoms with Crippen molar-refractivity contribution in [3.63, 3.8) is 0 Å². The first-order chi connectivity index (χ1) is 13.1. The van der Waals surface area contributed by atoms with Gasteiger partial charge in [0.15, 0.2) is 0 Å². The number of hydrogen-bond acceptors (Lipinski definition) is 4. The Morgan fingerprint density at radius 3 is 2.56 bits per heavy atom. The fourth-order valence-corrected chi connectivity index (χ4v) is 3.41. The second-order valence-corrected chi connectivity index (χ2v) is 7.29. The molecule has 0 spiro atoms. The highest BCUT2D eigenvalue weighted by molar-refractivity contribution is 9.10. The number of pyridine rings is 2. The minimum atomic E-state index is -0.265. The van der Waals surface area contributed by atoms with Crippen LogP contribution in [-0.2, 0) is 0 Å². The maximum atomic E-state index is 10.9. The zero-order valence-corrected chi connectivity index (χ0v) is 16.3. The Bertz CT molecular complexity index is 1100. The largest absolute Gasteiger partial charge is 0.505 e. The van der Waals surface area contributed by atoms with Gasteiger partial charge in [0.2, 0.25) is 0 Å². The van der Waals surface area contributed by atoms with E-state index in [1.807, 2.05) is 73.7 Å². The van der Waals surface area contributed by atoms with E-state index in [-0.39, 0.29) is 11.8 Å². The number of nitrogens with zero attached hydrogens (tertiary/aromatic N) is 2. The number of aromatic hydroxyl groups is 1. The molecule has 5 heteroatoms. The monoisotopic (exact) mass is 419 g/mol. The van der Waals surface area contributed by atoms with Gasteiger partial charge >= 0.3 is 0 Å². The predicted molar refractivity (Wildman–Crippen MR) is 112 cm³/mol. The first-order valence-electron chi connectivity index (χ1n) is 8.64. The molecule has 0 saturated carbocycles. The van der Waals surface area contributed by atoms with Crippen LogP contribution in [0.3, 0.4) is 0 Å². The van der Waals surface area contributed by atoms with Crippen LogP contribution in [0.2, 0.25) is 0 Å². The fourth-order valence-electron chi connectivity index (χ4n) is 3.15. The van der Waals surface area contributed by atoms with E-state index in [0.717, 1.165) is 32.5 Å². The van der Waals surface area contributed by atoms with Gasteiger partial charge in [0.25, 0.3) is 0 Å². The van der Waals surface area contributed by atoms with Crippen molar-refractivity contribution < 1.29 is 5.11 Å². The van der Waals surface area contributed by atoms with E-state index in [1.165, 1.54) is 0 Å². The van der Waals surface area contributed by atoms with Crippen molar-refractivity contribution in [3.05, 3.63) is 94.2 Å². The van der Waals surface area contributed by atoms with Gasteiger partial charge in [-0.25, -0.2) is 4.98 Å². The summed E-state index contributed by atoms with van der Waals surface area (Å²) in [7, 11) is 0. The van der Waals surface area contributed by atoms with Gasteiger partial charge in [-0.2, -0.15) is 0 Å². The van der Waals surface area contributed by atoms with Crippen LogP contribution in [-0.4, -0.2) is 15.1 Å². The van der Waals surface area contributed by atoms with Crippen LogP contribution in [0.5, 0.6) is 5.75 Å². The SMILES string of the molecule is Cc1cccc(N[C@@H](c2ccc(Br)cc2)c2ccc3cccnc3c2O)n1. The summed E-state index contributed by atoms with van der Waals surface area (Å²) in [6.07, 6.45) is 1.69. The van der Waals surface area contributed by atoms with Crippen LogP contribution < -0.4 is 5.32 Å². The van der Waals surface area contributed by atoms with Crippen molar-refractivity contribution in [2.24, 2.45) is 0 Å². The number of phenols is 1. The number of fused-ring (bicyclic) bond motifs is 1. The Balaban J connectivity index is 1.84. The Kier molecular flexibility index (Phi) is 4.77. The molecule has 4 aromatic rings. The fraction of sp³-hybridized carbons (Fsp3) is 0.0909. The normalized spacial score (nSPS) is 12.1. The van der Waals surface area contributed by atoms with Crippen molar-refractivity contribution >= 4 is 32.7 Å². The van der Waals surface area contributed by atoms with Gasteiger partial charge in [0.05, 0.1) is 6.04 Å². The van der Waals surface area contributed by atoms with Crippen molar-refractivity contribution in [2.45, 2.75) is 13.0 Å². The Morgan fingerprint density at radius 2 is 1.78 bits per heavy atom. The lowest BCUT2D eigenvalue weighted by Crippen LogP contribution is -2.14. The third-order valence-corrected chi connectivity index (χ3v) is 5.00. The Labute approximate surface area is 166 Å². The van der Waals surface area contributed by atoms with E-state index in [2.05, 4.69) is 31.2 Å². The molecule has 0 fully saturated rings. The lowest BCUT2D eigenvalue weighted by molar-refractivity contribution is 0.471. The highest BCUT2D eigenvalue weighted by Crippen LogP contribution is 2.36. The molecular formula is C22H18BrN3O.